The molecule has 19 heavy (non-hydrogen) atoms. The minimum absolute atomic E-state index is 0.0379. The van der Waals surface area contributed by atoms with Crippen LogP contribution in [0, 0.1) is 12.8 Å². The van der Waals surface area contributed by atoms with Crippen LogP contribution >= 0.6 is 0 Å². The van der Waals surface area contributed by atoms with Crippen LogP contribution in [-0.4, -0.2) is 36.5 Å². The molecular formula is C15H24N2O2. The number of likely N-dealkylation sites (tertiary alicyclic amines) is 1. The molecule has 1 N–H and O–H groups in total. The van der Waals surface area contributed by atoms with Gasteiger partial charge in [-0.3, -0.25) is 4.79 Å². The molecule has 106 valence electrons. The molecule has 0 bridgehead atoms. The summed E-state index contributed by atoms with van der Waals surface area (Å²) in [5.74, 6) is 1.07. The third-order valence-corrected chi connectivity index (χ3v) is 4.07. The molecule has 4 heteroatoms. The first-order valence-corrected chi connectivity index (χ1v) is 7.24. The van der Waals surface area contributed by atoms with Gasteiger partial charge in [0, 0.05) is 24.7 Å². The van der Waals surface area contributed by atoms with E-state index in [9.17, 15) is 4.79 Å². The Morgan fingerprint density at radius 3 is 2.89 bits per heavy atom. The lowest BCUT2D eigenvalue weighted by Gasteiger charge is -2.38. The zero-order valence-electron chi connectivity index (χ0n) is 12.1. The molecule has 1 aromatic rings. The van der Waals surface area contributed by atoms with Crippen LogP contribution in [0.5, 0.6) is 0 Å². The van der Waals surface area contributed by atoms with E-state index in [2.05, 4.69) is 19.2 Å². The zero-order chi connectivity index (χ0) is 13.8. The van der Waals surface area contributed by atoms with E-state index in [0.29, 0.717) is 17.7 Å². The molecule has 1 aliphatic heterocycles. The Morgan fingerprint density at radius 1 is 1.53 bits per heavy atom. The molecule has 2 rings (SSSR count). The predicted octanol–water partition coefficient (Wildman–Crippen LogP) is 2.44. The lowest BCUT2D eigenvalue weighted by atomic mass is 9.89. The molecule has 1 aliphatic rings. The van der Waals surface area contributed by atoms with E-state index in [0.717, 1.165) is 38.0 Å². The largest absolute Gasteiger partial charge is 0.459 e. The number of aryl methyl sites for hydroxylation is 1. The van der Waals surface area contributed by atoms with Crippen molar-refractivity contribution < 1.29 is 9.21 Å². The van der Waals surface area contributed by atoms with Crippen molar-refractivity contribution in [2.75, 3.05) is 19.6 Å². The maximum atomic E-state index is 12.4. The Labute approximate surface area is 115 Å². The number of rotatable bonds is 4. The highest BCUT2D eigenvalue weighted by Crippen LogP contribution is 2.22. The van der Waals surface area contributed by atoms with Gasteiger partial charge in [0.1, 0.15) is 0 Å². The number of nitrogens with one attached hydrogen (secondary N) is 1. The summed E-state index contributed by atoms with van der Waals surface area (Å²) in [6.45, 7) is 8.88. The lowest BCUT2D eigenvalue weighted by Crippen LogP contribution is -2.50. The Hall–Kier alpha value is -1.29. The number of carbonyl (C=O) groups excluding carboxylic acids is 1. The van der Waals surface area contributed by atoms with E-state index in [1.165, 1.54) is 0 Å². The maximum Gasteiger partial charge on any atom is 0.289 e. The smallest absolute Gasteiger partial charge is 0.289 e. The number of furan rings is 1. The van der Waals surface area contributed by atoms with Crippen molar-refractivity contribution >= 4 is 5.91 Å². The first-order valence-electron chi connectivity index (χ1n) is 7.24. The molecule has 2 unspecified atom stereocenters. The number of hydrogen-bond donors (Lipinski definition) is 1. The number of amides is 1. The molecule has 1 amide bonds. The van der Waals surface area contributed by atoms with Gasteiger partial charge in [-0.15, -0.1) is 0 Å². The van der Waals surface area contributed by atoms with E-state index >= 15 is 0 Å². The van der Waals surface area contributed by atoms with Crippen molar-refractivity contribution in [1.29, 1.82) is 0 Å². The quantitative estimate of drug-likeness (QED) is 0.908. The van der Waals surface area contributed by atoms with Crippen LogP contribution in [0.1, 0.15) is 42.8 Å². The molecule has 0 aliphatic carbocycles. The second kappa shape index (κ2) is 6.24. The Kier molecular flexibility index (Phi) is 4.64. The van der Waals surface area contributed by atoms with E-state index in [1.54, 1.807) is 6.26 Å². The topological polar surface area (TPSA) is 45.5 Å². The van der Waals surface area contributed by atoms with Gasteiger partial charge in [0.25, 0.3) is 5.91 Å². The van der Waals surface area contributed by atoms with E-state index in [4.69, 9.17) is 4.42 Å². The normalized spacial score (nSPS) is 23.6. The van der Waals surface area contributed by atoms with Gasteiger partial charge in [-0.1, -0.05) is 20.3 Å². The molecule has 1 fully saturated rings. The van der Waals surface area contributed by atoms with Crippen molar-refractivity contribution in [1.82, 2.24) is 10.2 Å². The van der Waals surface area contributed by atoms with Crippen LogP contribution in [0.2, 0.25) is 0 Å². The molecule has 0 saturated carbocycles. The molecular weight excluding hydrogens is 240 g/mol. The predicted molar refractivity (Wildman–Crippen MR) is 75.2 cm³/mol. The molecule has 0 aromatic carbocycles. The summed E-state index contributed by atoms with van der Waals surface area (Å²) >= 11 is 0. The average molecular weight is 264 g/mol. The molecule has 0 radical (unpaired) electrons. The van der Waals surface area contributed by atoms with E-state index in [1.807, 2.05) is 17.9 Å². The summed E-state index contributed by atoms with van der Waals surface area (Å²) in [4.78, 5) is 14.4. The Morgan fingerprint density at radius 2 is 2.32 bits per heavy atom. The number of hydrogen-bond acceptors (Lipinski definition) is 3. The van der Waals surface area contributed by atoms with Crippen LogP contribution in [0.15, 0.2) is 16.7 Å². The van der Waals surface area contributed by atoms with Gasteiger partial charge >= 0.3 is 0 Å². The zero-order valence-corrected chi connectivity index (χ0v) is 12.1. The summed E-state index contributed by atoms with van der Waals surface area (Å²) in [6, 6.07) is 2.38. The van der Waals surface area contributed by atoms with Crippen molar-refractivity contribution in [3.8, 4) is 0 Å². The van der Waals surface area contributed by atoms with Gasteiger partial charge < -0.3 is 14.6 Å². The minimum atomic E-state index is 0.0379. The first-order chi connectivity index (χ1) is 9.17. The highest BCUT2D eigenvalue weighted by atomic mass is 16.3. The van der Waals surface area contributed by atoms with Gasteiger partial charge in [0.15, 0.2) is 5.76 Å². The first kappa shape index (κ1) is 14.1. The van der Waals surface area contributed by atoms with Gasteiger partial charge in [-0.05, 0) is 31.9 Å². The van der Waals surface area contributed by atoms with E-state index in [-0.39, 0.29) is 5.91 Å². The fourth-order valence-electron chi connectivity index (χ4n) is 2.90. The van der Waals surface area contributed by atoms with Crippen LogP contribution in [0.4, 0.5) is 0 Å². The van der Waals surface area contributed by atoms with Crippen molar-refractivity contribution in [2.24, 2.45) is 5.92 Å². The van der Waals surface area contributed by atoms with Crippen LogP contribution in [-0.2, 0) is 0 Å². The standard InChI is InChI=1S/C15H24N2O2/c1-4-12-10-17(8-6-13(12)16-5-2)15(18)14-11(3)7-9-19-14/h7,9,12-13,16H,4-6,8,10H2,1-3H3. The van der Waals surface area contributed by atoms with Crippen molar-refractivity contribution in [3.05, 3.63) is 23.7 Å². The highest BCUT2D eigenvalue weighted by molar-refractivity contribution is 5.92. The Balaban J connectivity index is 2.04. The summed E-state index contributed by atoms with van der Waals surface area (Å²) in [5, 5.41) is 3.53. The fourth-order valence-corrected chi connectivity index (χ4v) is 2.90. The van der Waals surface area contributed by atoms with Crippen molar-refractivity contribution in [2.45, 2.75) is 39.7 Å². The maximum absolute atomic E-state index is 12.4. The second-order valence-corrected chi connectivity index (χ2v) is 5.31. The van der Waals surface area contributed by atoms with Gasteiger partial charge in [-0.2, -0.15) is 0 Å². The third-order valence-electron chi connectivity index (χ3n) is 4.07. The fraction of sp³-hybridized carbons (Fsp3) is 0.667. The van der Waals surface area contributed by atoms with Crippen molar-refractivity contribution in [3.63, 3.8) is 0 Å². The molecule has 2 atom stereocenters. The highest BCUT2D eigenvalue weighted by Gasteiger charge is 2.31. The van der Waals surface area contributed by atoms with Crippen LogP contribution in [0.25, 0.3) is 0 Å². The summed E-state index contributed by atoms with van der Waals surface area (Å²) in [7, 11) is 0. The monoisotopic (exact) mass is 264 g/mol. The third kappa shape index (κ3) is 3.00. The Bertz CT molecular complexity index is 428. The SMILES string of the molecule is CCNC1CCN(C(=O)c2occc2C)CC1CC. The average Bonchev–Trinajstić information content (AvgIpc) is 2.85. The minimum Gasteiger partial charge on any atom is -0.459 e. The van der Waals surface area contributed by atoms with Crippen LogP contribution in [0.3, 0.4) is 0 Å². The van der Waals surface area contributed by atoms with Gasteiger partial charge in [-0.25, -0.2) is 0 Å². The number of piperidine rings is 1. The molecule has 4 nitrogen and oxygen atoms in total. The molecule has 0 spiro atoms. The van der Waals surface area contributed by atoms with Gasteiger partial charge in [0.05, 0.1) is 6.26 Å². The summed E-state index contributed by atoms with van der Waals surface area (Å²) in [5.41, 5.74) is 0.923. The lowest BCUT2D eigenvalue weighted by molar-refractivity contribution is 0.0595. The van der Waals surface area contributed by atoms with Crippen LogP contribution < -0.4 is 5.32 Å². The number of carbonyl (C=O) groups is 1. The molecule has 2 heterocycles. The van der Waals surface area contributed by atoms with Gasteiger partial charge in [0.2, 0.25) is 0 Å². The number of nitrogens with zero attached hydrogens (tertiary/aromatic N) is 1. The molecule has 1 aromatic heterocycles. The van der Waals surface area contributed by atoms with E-state index < -0.39 is 0 Å². The summed E-state index contributed by atoms with van der Waals surface area (Å²) in [6.07, 6.45) is 3.71. The summed E-state index contributed by atoms with van der Waals surface area (Å²) < 4.78 is 5.32. The molecule has 1 saturated heterocycles. The second-order valence-electron chi connectivity index (χ2n) is 5.31.